The van der Waals surface area contributed by atoms with Gasteiger partial charge in [-0.2, -0.15) is 0 Å². The van der Waals surface area contributed by atoms with Crippen molar-refractivity contribution >= 4 is 11.6 Å². The number of guanidine groups is 1. The highest BCUT2D eigenvalue weighted by Crippen LogP contribution is 2.15. The molecule has 6 nitrogen and oxygen atoms in total. The lowest BCUT2D eigenvalue weighted by Gasteiger charge is -2.38. The maximum atomic E-state index is 5.84. The largest absolute Gasteiger partial charge is 0.340 e. The number of hydrogen-bond donors (Lipinski definition) is 3. The fourth-order valence-electron chi connectivity index (χ4n) is 2.64. The summed E-state index contributed by atoms with van der Waals surface area (Å²) in [6.07, 6.45) is 3.59. The van der Waals surface area contributed by atoms with Gasteiger partial charge in [-0.15, -0.1) is 0 Å². The molecule has 0 saturated carbocycles. The average molecular weight is 318 g/mol. The minimum absolute atomic E-state index is 0.00681. The van der Waals surface area contributed by atoms with E-state index >= 15 is 0 Å². The summed E-state index contributed by atoms with van der Waals surface area (Å²) in [6.45, 7) is 11.9. The van der Waals surface area contributed by atoms with Crippen molar-refractivity contribution < 1.29 is 0 Å². The fraction of sp³-hybridized carbons (Fsp3) is 0.647. The van der Waals surface area contributed by atoms with Crippen LogP contribution in [-0.4, -0.2) is 54.1 Å². The van der Waals surface area contributed by atoms with Gasteiger partial charge in [0, 0.05) is 37.9 Å². The van der Waals surface area contributed by atoms with Crippen LogP contribution in [0.3, 0.4) is 0 Å². The molecule has 1 aromatic rings. The molecule has 23 heavy (non-hydrogen) atoms. The van der Waals surface area contributed by atoms with Crippen LogP contribution >= 0.6 is 0 Å². The van der Waals surface area contributed by atoms with E-state index < -0.39 is 0 Å². The molecule has 128 valence electrons. The van der Waals surface area contributed by atoms with E-state index in [9.17, 15) is 0 Å². The van der Waals surface area contributed by atoms with Gasteiger partial charge in [-0.1, -0.05) is 13.8 Å². The van der Waals surface area contributed by atoms with Crippen molar-refractivity contribution in [2.75, 3.05) is 31.5 Å². The summed E-state index contributed by atoms with van der Waals surface area (Å²) < 4.78 is 0. The number of hydrogen-bond acceptors (Lipinski definition) is 4. The van der Waals surface area contributed by atoms with Crippen LogP contribution in [0.25, 0.3) is 0 Å². The van der Waals surface area contributed by atoms with Crippen LogP contribution in [0, 0.1) is 5.41 Å². The van der Waals surface area contributed by atoms with E-state index in [1.54, 1.807) is 6.20 Å². The summed E-state index contributed by atoms with van der Waals surface area (Å²) in [5, 5.41) is 6.99. The van der Waals surface area contributed by atoms with Gasteiger partial charge in [0.05, 0.1) is 11.9 Å². The fourth-order valence-corrected chi connectivity index (χ4v) is 2.64. The molecule has 2 rings (SSSR count). The Labute approximate surface area is 139 Å². The van der Waals surface area contributed by atoms with Crippen molar-refractivity contribution in [1.29, 1.82) is 0 Å². The Hall–Kier alpha value is -1.66. The monoisotopic (exact) mass is 318 g/mol. The molecule has 0 aliphatic carbocycles. The van der Waals surface area contributed by atoms with Crippen LogP contribution in [0.4, 0.5) is 5.69 Å². The Morgan fingerprint density at radius 2 is 2.13 bits per heavy atom. The number of anilines is 1. The molecule has 0 radical (unpaired) electrons. The van der Waals surface area contributed by atoms with Gasteiger partial charge in [-0.25, -0.2) is 0 Å². The molecule has 0 amide bonds. The summed E-state index contributed by atoms with van der Waals surface area (Å²) in [5.74, 6) is 0.903. The first-order valence-electron chi connectivity index (χ1n) is 8.32. The Morgan fingerprint density at radius 3 is 2.70 bits per heavy atom. The maximum Gasteiger partial charge on any atom is 0.198 e. The predicted octanol–water partition coefficient (Wildman–Crippen LogP) is 1.52. The van der Waals surface area contributed by atoms with E-state index in [2.05, 4.69) is 48.2 Å². The van der Waals surface area contributed by atoms with Crippen LogP contribution in [-0.2, 0) is 0 Å². The number of pyridine rings is 1. The van der Waals surface area contributed by atoms with Gasteiger partial charge in [0.2, 0.25) is 0 Å². The van der Waals surface area contributed by atoms with E-state index in [4.69, 9.17) is 10.7 Å². The summed E-state index contributed by atoms with van der Waals surface area (Å²) in [4.78, 5) is 11.3. The van der Waals surface area contributed by atoms with Gasteiger partial charge in [0.25, 0.3) is 0 Å². The Morgan fingerprint density at radius 1 is 1.43 bits per heavy atom. The number of rotatable bonds is 4. The van der Waals surface area contributed by atoms with Crippen LogP contribution in [0.5, 0.6) is 0 Å². The molecular weight excluding hydrogens is 288 g/mol. The first-order chi connectivity index (χ1) is 10.9. The molecule has 0 spiro atoms. The Balaban J connectivity index is 2.18. The second-order valence-corrected chi connectivity index (χ2v) is 7.25. The molecule has 4 N–H and O–H groups in total. The van der Waals surface area contributed by atoms with Crippen molar-refractivity contribution in [2.45, 2.75) is 39.8 Å². The van der Waals surface area contributed by atoms with E-state index in [1.807, 2.05) is 18.3 Å². The van der Waals surface area contributed by atoms with Gasteiger partial charge in [0.15, 0.2) is 5.96 Å². The van der Waals surface area contributed by atoms with Crippen molar-refractivity contribution in [3.63, 3.8) is 0 Å². The highest BCUT2D eigenvalue weighted by Gasteiger charge is 2.24. The molecule has 1 aliphatic heterocycles. The molecular formula is C17H30N6. The van der Waals surface area contributed by atoms with Gasteiger partial charge in [-0.05, 0) is 37.9 Å². The average Bonchev–Trinajstić information content (AvgIpc) is 2.51. The third kappa shape index (κ3) is 5.48. The van der Waals surface area contributed by atoms with Crippen molar-refractivity contribution in [2.24, 2.45) is 16.1 Å². The topological polar surface area (TPSA) is 78.6 Å². The van der Waals surface area contributed by atoms with Crippen LogP contribution in [0.15, 0.2) is 29.5 Å². The first-order valence-corrected chi connectivity index (χ1v) is 8.32. The zero-order valence-electron chi connectivity index (χ0n) is 14.7. The molecule has 2 unspecified atom stereocenters. The summed E-state index contributed by atoms with van der Waals surface area (Å²) in [7, 11) is 0. The summed E-state index contributed by atoms with van der Waals surface area (Å²) in [5.41, 5.74) is 6.79. The van der Waals surface area contributed by atoms with Gasteiger partial charge in [-0.3, -0.25) is 9.98 Å². The van der Waals surface area contributed by atoms with Gasteiger partial charge >= 0.3 is 0 Å². The lowest BCUT2D eigenvalue weighted by atomic mass is 9.94. The molecule has 6 heteroatoms. The molecule has 0 aromatic carbocycles. The molecule has 1 fully saturated rings. The number of nitrogens with two attached hydrogens (primary N) is 1. The minimum atomic E-state index is -0.00681. The lowest BCUT2D eigenvalue weighted by molar-refractivity contribution is 0.253. The predicted molar refractivity (Wildman–Crippen MR) is 96.6 cm³/mol. The molecule has 1 aromatic heterocycles. The maximum absolute atomic E-state index is 5.84. The quantitative estimate of drug-likeness (QED) is 0.579. The molecule has 1 saturated heterocycles. The smallest absolute Gasteiger partial charge is 0.198 e. The number of nitrogens with one attached hydrogen (secondary N) is 2. The van der Waals surface area contributed by atoms with Crippen LogP contribution < -0.4 is 16.4 Å². The molecule has 1 aliphatic rings. The number of nitrogens with zero attached hydrogens (tertiary/aromatic N) is 3. The van der Waals surface area contributed by atoms with E-state index in [0.717, 1.165) is 24.7 Å². The highest BCUT2D eigenvalue weighted by atomic mass is 15.3. The SMILES string of the molecule is CC1CN(C(=NCC(C)(C)CN)Nc2cccnc2)CC(C)N1. The van der Waals surface area contributed by atoms with Gasteiger partial charge < -0.3 is 21.3 Å². The number of aromatic nitrogens is 1. The normalized spacial score (nSPS) is 23.0. The third-order valence-corrected chi connectivity index (χ3v) is 3.98. The molecule has 2 atom stereocenters. The standard InChI is InChI=1S/C17H30N6/c1-13-9-23(10-14(2)21-13)16(20-12-17(3,4)11-18)22-15-6-5-7-19-8-15/h5-8,13-14,21H,9-12,18H2,1-4H3,(H,20,22). The van der Waals surface area contributed by atoms with Crippen LogP contribution in [0.1, 0.15) is 27.7 Å². The van der Waals surface area contributed by atoms with Crippen LogP contribution in [0.2, 0.25) is 0 Å². The lowest BCUT2D eigenvalue weighted by Crippen LogP contribution is -2.57. The zero-order valence-corrected chi connectivity index (χ0v) is 14.7. The number of aliphatic imine (C=N–C) groups is 1. The zero-order chi connectivity index (χ0) is 16.9. The second kappa shape index (κ2) is 7.75. The van der Waals surface area contributed by atoms with Crippen molar-refractivity contribution in [3.8, 4) is 0 Å². The Kier molecular flexibility index (Phi) is 5.96. The molecule has 2 heterocycles. The van der Waals surface area contributed by atoms with E-state index in [1.165, 1.54) is 0 Å². The van der Waals surface area contributed by atoms with Crippen molar-refractivity contribution in [1.82, 2.24) is 15.2 Å². The van der Waals surface area contributed by atoms with Crippen molar-refractivity contribution in [3.05, 3.63) is 24.5 Å². The Bertz CT molecular complexity index is 503. The number of piperazine rings is 1. The second-order valence-electron chi connectivity index (χ2n) is 7.25. The molecule has 0 bridgehead atoms. The van der Waals surface area contributed by atoms with E-state index in [0.29, 0.717) is 25.2 Å². The third-order valence-electron chi connectivity index (χ3n) is 3.98. The first kappa shape index (κ1) is 17.7. The summed E-state index contributed by atoms with van der Waals surface area (Å²) in [6, 6.07) is 4.79. The van der Waals surface area contributed by atoms with Gasteiger partial charge in [0.1, 0.15) is 0 Å². The highest BCUT2D eigenvalue weighted by molar-refractivity contribution is 5.93. The summed E-state index contributed by atoms with van der Waals surface area (Å²) >= 11 is 0. The minimum Gasteiger partial charge on any atom is -0.340 e. The van der Waals surface area contributed by atoms with E-state index in [-0.39, 0.29) is 5.41 Å².